The van der Waals surface area contributed by atoms with Crippen molar-refractivity contribution in [2.45, 2.75) is 39.0 Å². The molecule has 162 valence electrons. The lowest BCUT2D eigenvalue weighted by atomic mass is 10.1. The van der Waals surface area contributed by atoms with Crippen molar-refractivity contribution in [3.05, 3.63) is 71.5 Å². The van der Waals surface area contributed by atoms with Crippen LogP contribution in [0.3, 0.4) is 0 Å². The molecule has 0 bridgehead atoms. The van der Waals surface area contributed by atoms with E-state index in [9.17, 15) is 14.0 Å². The smallest absolute Gasteiger partial charge is 0.242 e. The highest BCUT2D eigenvalue weighted by atomic mass is 32.2. The van der Waals surface area contributed by atoms with Crippen LogP contribution in [-0.2, 0) is 21.8 Å². The Morgan fingerprint density at radius 1 is 1.00 bits per heavy atom. The molecule has 0 heterocycles. The second kappa shape index (κ2) is 12.4. The van der Waals surface area contributed by atoms with Gasteiger partial charge in [-0.05, 0) is 42.5 Å². The van der Waals surface area contributed by atoms with Crippen molar-refractivity contribution in [1.29, 1.82) is 0 Å². The van der Waals surface area contributed by atoms with Gasteiger partial charge in [-0.15, -0.1) is 11.8 Å². The minimum Gasteiger partial charge on any atom is -0.354 e. The minimum atomic E-state index is -0.536. The molecule has 0 aliphatic carbocycles. The number of hydrogen-bond acceptors (Lipinski definition) is 3. The van der Waals surface area contributed by atoms with Crippen LogP contribution in [0, 0.1) is 11.7 Å². The Labute approximate surface area is 183 Å². The topological polar surface area (TPSA) is 49.4 Å². The SMILES string of the molecule is CC(C)CNC(=O)[C@H](C)N(CCc1ccccc1)C(=O)CSCc1ccc(F)cc1. The number of nitrogens with zero attached hydrogens (tertiary/aromatic N) is 1. The highest BCUT2D eigenvalue weighted by Crippen LogP contribution is 2.15. The summed E-state index contributed by atoms with van der Waals surface area (Å²) in [5, 5.41) is 2.93. The van der Waals surface area contributed by atoms with Gasteiger partial charge in [-0.3, -0.25) is 9.59 Å². The number of rotatable bonds is 11. The predicted molar refractivity (Wildman–Crippen MR) is 122 cm³/mol. The van der Waals surface area contributed by atoms with Gasteiger partial charge < -0.3 is 10.2 Å². The van der Waals surface area contributed by atoms with E-state index in [0.29, 0.717) is 31.2 Å². The molecule has 0 spiro atoms. The zero-order valence-electron chi connectivity index (χ0n) is 17.9. The van der Waals surface area contributed by atoms with Crippen LogP contribution in [0.15, 0.2) is 54.6 Å². The Kier molecular flexibility index (Phi) is 9.87. The number of halogens is 1. The third-order valence-corrected chi connectivity index (χ3v) is 5.73. The normalized spacial score (nSPS) is 11.9. The fourth-order valence-corrected chi connectivity index (χ4v) is 3.81. The molecule has 2 aromatic rings. The Hall–Kier alpha value is -2.34. The molecule has 0 saturated heterocycles. The molecule has 0 aliphatic heterocycles. The van der Waals surface area contributed by atoms with E-state index in [1.165, 1.54) is 23.9 Å². The number of thioether (sulfide) groups is 1. The van der Waals surface area contributed by atoms with Crippen LogP contribution in [0.2, 0.25) is 0 Å². The van der Waals surface area contributed by atoms with E-state index in [4.69, 9.17) is 0 Å². The fraction of sp³-hybridized carbons (Fsp3) is 0.417. The Morgan fingerprint density at radius 2 is 1.67 bits per heavy atom. The lowest BCUT2D eigenvalue weighted by Crippen LogP contribution is -2.50. The molecular formula is C24H31FN2O2S. The zero-order chi connectivity index (χ0) is 21.9. The molecule has 0 aromatic heterocycles. The van der Waals surface area contributed by atoms with Crippen molar-refractivity contribution in [1.82, 2.24) is 10.2 Å². The molecule has 0 saturated carbocycles. The van der Waals surface area contributed by atoms with Gasteiger partial charge in [0.15, 0.2) is 0 Å². The van der Waals surface area contributed by atoms with Crippen LogP contribution >= 0.6 is 11.8 Å². The summed E-state index contributed by atoms with van der Waals surface area (Å²) in [6, 6.07) is 15.7. The first kappa shape index (κ1) is 23.9. The molecular weight excluding hydrogens is 399 g/mol. The molecule has 1 N–H and O–H groups in total. The number of benzene rings is 2. The number of amides is 2. The fourth-order valence-electron chi connectivity index (χ4n) is 2.94. The minimum absolute atomic E-state index is 0.0646. The Balaban J connectivity index is 1.97. The summed E-state index contributed by atoms with van der Waals surface area (Å²) in [5.41, 5.74) is 2.09. The molecule has 2 amide bonds. The molecule has 0 unspecified atom stereocenters. The van der Waals surface area contributed by atoms with Crippen molar-refractivity contribution in [2.24, 2.45) is 5.92 Å². The molecule has 30 heavy (non-hydrogen) atoms. The van der Waals surface area contributed by atoms with Gasteiger partial charge in [0.05, 0.1) is 5.75 Å². The van der Waals surface area contributed by atoms with Gasteiger partial charge in [-0.25, -0.2) is 4.39 Å². The van der Waals surface area contributed by atoms with Crippen LogP contribution in [-0.4, -0.2) is 41.6 Å². The van der Waals surface area contributed by atoms with Gasteiger partial charge in [-0.1, -0.05) is 56.3 Å². The number of carbonyl (C=O) groups is 2. The highest BCUT2D eigenvalue weighted by Gasteiger charge is 2.25. The maximum absolute atomic E-state index is 13.0. The second-order valence-corrected chi connectivity index (χ2v) is 8.74. The molecule has 1 atom stereocenters. The van der Waals surface area contributed by atoms with Gasteiger partial charge in [0.25, 0.3) is 0 Å². The maximum Gasteiger partial charge on any atom is 0.242 e. The van der Waals surface area contributed by atoms with Crippen LogP contribution in [0.5, 0.6) is 0 Å². The standard InChI is InChI=1S/C24H31FN2O2S/c1-18(2)15-26-24(29)19(3)27(14-13-20-7-5-4-6-8-20)23(28)17-30-16-21-9-11-22(25)12-10-21/h4-12,18-19H,13-17H2,1-3H3,(H,26,29)/t19-/m0/s1. The number of carbonyl (C=O) groups excluding carboxylic acids is 2. The first-order chi connectivity index (χ1) is 14.4. The largest absolute Gasteiger partial charge is 0.354 e. The molecule has 6 heteroatoms. The average Bonchev–Trinajstić information content (AvgIpc) is 2.74. The Bertz CT molecular complexity index is 797. The highest BCUT2D eigenvalue weighted by molar-refractivity contribution is 7.99. The van der Waals surface area contributed by atoms with E-state index in [2.05, 4.69) is 5.32 Å². The molecule has 0 fully saturated rings. The third-order valence-electron chi connectivity index (χ3n) is 4.74. The second-order valence-electron chi connectivity index (χ2n) is 7.76. The van der Waals surface area contributed by atoms with Gasteiger partial charge >= 0.3 is 0 Å². The molecule has 2 aromatic carbocycles. The zero-order valence-corrected chi connectivity index (χ0v) is 18.8. The summed E-state index contributed by atoms with van der Waals surface area (Å²) in [6.45, 7) is 6.92. The maximum atomic E-state index is 13.0. The van der Waals surface area contributed by atoms with Crippen LogP contribution in [0.25, 0.3) is 0 Å². The lowest BCUT2D eigenvalue weighted by molar-refractivity contribution is -0.138. The molecule has 0 radical (unpaired) electrons. The third kappa shape index (κ3) is 8.19. The molecule has 2 rings (SSSR count). The van der Waals surface area contributed by atoms with Crippen molar-refractivity contribution in [3.8, 4) is 0 Å². The van der Waals surface area contributed by atoms with E-state index in [1.807, 2.05) is 44.2 Å². The van der Waals surface area contributed by atoms with Gasteiger partial charge in [-0.2, -0.15) is 0 Å². The summed E-state index contributed by atoms with van der Waals surface area (Å²) in [5.74, 6) is 0.772. The monoisotopic (exact) mass is 430 g/mol. The first-order valence-electron chi connectivity index (χ1n) is 10.3. The summed E-state index contributed by atoms with van der Waals surface area (Å²) in [4.78, 5) is 27.2. The summed E-state index contributed by atoms with van der Waals surface area (Å²) < 4.78 is 13.0. The number of hydrogen-bond donors (Lipinski definition) is 1. The molecule has 0 aliphatic rings. The van der Waals surface area contributed by atoms with Gasteiger partial charge in [0.2, 0.25) is 11.8 Å². The summed E-state index contributed by atoms with van der Waals surface area (Å²) in [6.07, 6.45) is 0.691. The van der Waals surface area contributed by atoms with Crippen LogP contribution < -0.4 is 5.32 Å². The average molecular weight is 431 g/mol. The quantitative estimate of drug-likeness (QED) is 0.579. The van der Waals surface area contributed by atoms with Crippen molar-refractivity contribution in [2.75, 3.05) is 18.8 Å². The van der Waals surface area contributed by atoms with E-state index >= 15 is 0 Å². The van der Waals surface area contributed by atoms with E-state index in [-0.39, 0.29) is 23.4 Å². The van der Waals surface area contributed by atoms with Crippen LogP contribution in [0.4, 0.5) is 4.39 Å². The van der Waals surface area contributed by atoms with Gasteiger partial charge in [0.1, 0.15) is 11.9 Å². The molecule has 4 nitrogen and oxygen atoms in total. The van der Waals surface area contributed by atoms with E-state index in [1.54, 1.807) is 24.0 Å². The van der Waals surface area contributed by atoms with E-state index < -0.39 is 6.04 Å². The Morgan fingerprint density at radius 3 is 2.30 bits per heavy atom. The number of nitrogens with one attached hydrogen (secondary N) is 1. The van der Waals surface area contributed by atoms with Crippen molar-refractivity contribution < 1.29 is 14.0 Å². The van der Waals surface area contributed by atoms with Crippen molar-refractivity contribution in [3.63, 3.8) is 0 Å². The lowest BCUT2D eigenvalue weighted by Gasteiger charge is -2.29. The predicted octanol–water partition coefficient (Wildman–Crippen LogP) is 4.29. The summed E-state index contributed by atoms with van der Waals surface area (Å²) in [7, 11) is 0. The van der Waals surface area contributed by atoms with E-state index in [0.717, 1.165) is 11.1 Å². The first-order valence-corrected chi connectivity index (χ1v) is 11.5. The van der Waals surface area contributed by atoms with Crippen LogP contribution in [0.1, 0.15) is 31.9 Å². The van der Waals surface area contributed by atoms with Crippen molar-refractivity contribution >= 4 is 23.6 Å². The summed E-state index contributed by atoms with van der Waals surface area (Å²) >= 11 is 1.47. The van der Waals surface area contributed by atoms with Gasteiger partial charge in [0, 0.05) is 18.8 Å².